The Kier molecular flexibility index (Phi) is 4.95. The van der Waals surface area contributed by atoms with E-state index in [4.69, 9.17) is 0 Å². The Morgan fingerprint density at radius 1 is 1.47 bits per heavy atom. The number of hydrogen-bond donors (Lipinski definition) is 0. The van der Waals surface area contributed by atoms with E-state index in [1.54, 1.807) is 16.7 Å². The van der Waals surface area contributed by atoms with Crippen molar-refractivity contribution in [2.75, 3.05) is 0 Å². The molecule has 0 aliphatic heterocycles. The van der Waals surface area contributed by atoms with Gasteiger partial charge in [-0.3, -0.25) is 0 Å². The number of aromatic nitrogens is 1. The molecule has 2 heterocycles. The van der Waals surface area contributed by atoms with Crippen LogP contribution in [0.1, 0.15) is 5.69 Å². The molecule has 15 heavy (non-hydrogen) atoms. The molecule has 2 aromatic heterocycles. The van der Waals surface area contributed by atoms with Gasteiger partial charge in [-0.25, -0.2) is 4.98 Å². The number of aliphatic carboxylic acids is 1. The Bertz CT molecular complexity index is 439. The van der Waals surface area contributed by atoms with Crippen LogP contribution in [0.3, 0.4) is 0 Å². The SMILES string of the molecule is O=C([O-])Cc1csc(-c2cccs2)n1.[Na]. The van der Waals surface area contributed by atoms with Crippen LogP contribution in [0.25, 0.3) is 9.88 Å². The van der Waals surface area contributed by atoms with E-state index in [1.807, 2.05) is 17.5 Å². The molecule has 6 heteroatoms. The van der Waals surface area contributed by atoms with Crippen LogP contribution in [-0.2, 0) is 11.2 Å². The summed E-state index contributed by atoms with van der Waals surface area (Å²) in [5, 5.41) is 14.9. The molecular formula is C9H6NNaO2S2-. The number of carbonyl (C=O) groups is 1. The number of carboxylic acids is 1. The second-order valence-electron chi connectivity index (χ2n) is 2.67. The maximum atomic E-state index is 10.3. The summed E-state index contributed by atoms with van der Waals surface area (Å²) >= 11 is 3.05. The topological polar surface area (TPSA) is 53.0 Å². The van der Waals surface area contributed by atoms with Crippen molar-refractivity contribution in [3.8, 4) is 9.88 Å². The van der Waals surface area contributed by atoms with E-state index in [2.05, 4.69) is 4.98 Å². The average molecular weight is 247 g/mol. The normalized spacial score (nSPS) is 9.60. The molecule has 0 aliphatic rings. The Labute approximate surface area is 117 Å². The molecule has 0 amide bonds. The first-order valence-corrected chi connectivity index (χ1v) is 5.70. The van der Waals surface area contributed by atoms with Crippen LogP contribution in [0.5, 0.6) is 0 Å². The maximum Gasteiger partial charge on any atom is 0.133 e. The molecule has 1 radical (unpaired) electrons. The van der Waals surface area contributed by atoms with Gasteiger partial charge in [0.2, 0.25) is 0 Å². The fraction of sp³-hybridized carbons (Fsp3) is 0.111. The van der Waals surface area contributed by atoms with Crippen molar-refractivity contribution in [2.24, 2.45) is 0 Å². The van der Waals surface area contributed by atoms with Gasteiger partial charge in [-0.05, 0) is 11.4 Å². The third kappa shape index (κ3) is 3.39. The fourth-order valence-electron chi connectivity index (χ4n) is 1.05. The van der Waals surface area contributed by atoms with E-state index in [9.17, 15) is 9.90 Å². The Balaban J connectivity index is 0.00000112. The number of thiazole rings is 1. The van der Waals surface area contributed by atoms with Crippen molar-refractivity contribution in [3.63, 3.8) is 0 Å². The van der Waals surface area contributed by atoms with Crippen LogP contribution in [0, 0.1) is 0 Å². The molecular weight excluding hydrogens is 241 g/mol. The van der Waals surface area contributed by atoms with Crippen LogP contribution >= 0.6 is 22.7 Å². The Morgan fingerprint density at radius 2 is 2.27 bits per heavy atom. The van der Waals surface area contributed by atoms with Crippen molar-refractivity contribution >= 4 is 58.2 Å². The zero-order chi connectivity index (χ0) is 9.97. The van der Waals surface area contributed by atoms with Gasteiger partial charge in [-0.2, -0.15) is 0 Å². The fourth-order valence-corrected chi connectivity index (χ4v) is 2.68. The first-order chi connectivity index (χ1) is 6.75. The maximum absolute atomic E-state index is 10.3. The Hall–Kier alpha value is -0.200. The summed E-state index contributed by atoms with van der Waals surface area (Å²) in [5.74, 6) is -1.09. The van der Waals surface area contributed by atoms with Gasteiger partial charge in [0.1, 0.15) is 5.01 Å². The van der Waals surface area contributed by atoms with Crippen LogP contribution in [0.15, 0.2) is 22.9 Å². The minimum atomic E-state index is -1.09. The van der Waals surface area contributed by atoms with E-state index in [-0.39, 0.29) is 36.0 Å². The molecule has 0 aromatic carbocycles. The average Bonchev–Trinajstić information content (AvgIpc) is 2.69. The number of nitrogens with zero attached hydrogens (tertiary/aromatic N) is 1. The van der Waals surface area contributed by atoms with Gasteiger partial charge in [-0.1, -0.05) is 6.07 Å². The molecule has 0 fully saturated rings. The molecule has 0 unspecified atom stereocenters. The van der Waals surface area contributed by atoms with Gasteiger partial charge in [0, 0.05) is 47.3 Å². The summed E-state index contributed by atoms with van der Waals surface area (Å²) in [4.78, 5) is 15.6. The summed E-state index contributed by atoms with van der Waals surface area (Å²) in [5.41, 5.74) is 0.568. The standard InChI is InChI=1S/C9H7NO2S2.Na/c11-8(12)4-6-5-14-9(10-6)7-2-1-3-13-7;/h1-3,5H,4H2,(H,11,12);/p-1. The van der Waals surface area contributed by atoms with E-state index in [0.717, 1.165) is 9.88 Å². The van der Waals surface area contributed by atoms with Gasteiger partial charge >= 0.3 is 0 Å². The van der Waals surface area contributed by atoms with Gasteiger partial charge in [0.25, 0.3) is 0 Å². The van der Waals surface area contributed by atoms with Crippen LogP contribution in [-0.4, -0.2) is 40.5 Å². The van der Waals surface area contributed by atoms with Crippen molar-refractivity contribution in [1.82, 2.24) is 4.98 Å². The zero-order valence-corrected chi connectivity index (χ0v) is 11.7. The van der Waals surface area contributed by atoms with E-state index in [0.29, 0.717) is 5.69 Å². The number of carboxylic acid groups (broad SMARTS) is 1. The number of hydrogen-bond acceptors (Lipinski definition) is 5. The third-order valence-corrected chi connectivity index (χ3v) is 3.54. The molecule has 0 atom stereocenters. The first kappa shape index (κ1) is 12.9. The molecule has 0 N–H and O–H groups in total. The molecule has 0 saturated heterocycles. The van der Waals surface area contributed by atoms with Crippen LogP contribution in [0.4, 0.5) is 0 Å². The molecule has 2 aromatic rings. The summed E-state index contributed by atoms with van der Waals surface area (Å²) in [7, 11) is 0. The number of thiophene rings is 1. The predicted octanol–water partition coefficient (Wildman–Crippen LogP) is 0.783. The predicted molar refractivity (Wildman–Crippen MR) is 59.9 cm³/mol. The van der Waals surface area contributed by atoms with Crippen molar-refractivity contribution in [3.05, 3.63) is 28.6 Å². The van der Waals surface area contributed by atoms with Crippen molar-refractivity contribution in [2.45, 2.75) is 6.42 Å². The van der Waals surface area contributed by atoms with E-state index >= 15 is 0 Å². The molecule has 3 nitrogen and oxygen atoms in total. The van der Waals surface area contributed by atoms with Gasteiger partial charge in [-0.15, -0.1) is 22.7 Å². The summed E-state index contributed by atoms with van der Waals surface area (Å²) in [6.07, 6.45) is -0.109. The molecule has 0 bridgehead atoms. The van der Waals surface area contributed by atoms with E-state index in [1.165, 1.54) is 11.3 Å². The quantitative estimate of drug-likeness (QED) is 0.753. The number of rotatable bonds is 3. The zero-order valence-electron chi connectivity index (χ0n) is 8.10. The third-order valence-electron chi connectivity index (χ3n) is 1.61. The van der Waals surface area contributed by atoms with Gasteiger partial charge < -0.3 is 9.90 Å². The summed E-state index contributed by atoms with van der Waals surface area (Å²) in [6, 6.07) is 3.91. The molecule has 0 saturated carbocycles. The largest absolute Gasteiger partial charge is 0.550 e. The molecule has 2 rings (SSSR count). The molecule has 0 spiro atoms. The molecule has 73 valence electrons. The molecule has 0 aliphatic carbocycles. The van der Waals surface area contributed by atoms with Crippen LogP contribution in [0.2, 0.25) is 0 Å². The second-order valence-corrected chi connectivity index (χ2v) is 4.48. The number of carbonyl (C=O) groups excluding carboxylic acids is 1. The monoisotopic (exact) mass is 247 g/mol. The van der Waals surface area contributed by atoms with Gasteiger partial charge in [0.05, 0.1) is 10.6 Å². The minimum Gasteiger partial charge on any atom is -0.550 e. The first-order valence-electron chi connectivity index (χ1n) is 3.94. The van der Waals surface area contributed by atoms with E-state index < -0.39 is 5.97 Å². The summed E-state index contributed by atoms with van der Waals surface area (Å²) in [6.45, 7) is 0. The van der Waals surface area contributed by atoms with Crippen molar-refractivity contribution in [1.29, 1.82) is 0 Å². The second kappa shape index (κ2) is 5.77. The smallest absolute Gasteiger partial charge is 0.133 e. The minimum absolute atomic E-state index is 0. The summed E-state index contributed by atoms with van der Waals surface area (Å²) < 4.78 is 0. The van der Waals surface area contributed by atoms with Crippen LogP contribution < -0.4 is 5.11 Å². The Morgan fingerprint density at radius 3 is 2.87 bits per heavy atom. The van der Waals surface area contributed by atoms with Crippen molar-refractivity contribution < 1.29 is 9.90 Å². The van der Waals surface area contributed by atoms with Gasteiger partial charge in [0.15, 0.2) is 0 Å².